The van der Waals surface area contributed by atoms with E-state index in [2.05, 4.69) is 5.32 Å². The lowest BCUT2D eigenvalue weighted by Crippen LogP contribution is -2.38. The lowest BCUT2D eigenvalue weighted by Gasteiger charge is -2.21. The van der Waals surface area contributed by atoms with Crippen molar-refractivity contribution in [1.29, 1.82) is 0 Å². The van der Waals surface area contributed by atoms with Crippen molar-refractivity contribution in [1.82, 2.24) is 10.2 Å². The van der Waals surface area contributed by atoms with Crippen molar-refractivity contribution in [3.63, 3.8) is 0 Å². The molecule has 2 heterocycles. The summed E-state index contributed by atoms with van der Waals surface area (Å²) in [4.78, 5) is 13.8. The molecule has 78 valence electrons. The largest absolute Gasteiger partial charge is 0.335 e. The number of likely N-dealkylation sites (tertiary alicyclic amines) is 1. The number of amides is 1. The van der Waals surface area contributed by atoms with Crippen LogP contribution in [0.3, 0.4) is 0 Å². The summed E-state index contributed by atoms with van der Waals surface area (Å²) in [6.45, 7) is 6.95. The molecule has 2 fully saturated rings. The topological polar surface area (TPSA) is 32.3 Å². The zero-order chi connectivity index (χ0) is 10.1. The van der Waals surface area contributed by atoms with Crippen molar-refractivity contribution in [2.24, 2.45) is 5.92 Å². The maximum Gasteiger partial charge on any atom is 0.246 e. The van der Waals surface area contributed by atoms with Gasteiger partial charge in [-0.15, -0.1) is 0 Å². The Labute approximate surface area is 85.2 Å². The van der Waals surface area contributed by atoms with E-state index in [1.54, 1.807) is 6.08 Å². The maximum atomic E-state index is 11.8. The second kappa shape index (κ2) is 3.73. The van der Waals surface area contributed by atoms with Gasteiger partial charge in [0.1, 0.15) is 0 Å². The second-order valence-corrected chi connectivity index (χ2v) is 4.53. The molecule has 1 N–H and O–H groups in total. The summed E-state index contributed by atoms with van der Waals surface area (Å²) in [5, 5.41) is 3.35. The molecular formula is C11H18N2O. The Hall–Kier alpha value is -0.830. The van der Waals surface area contributed by atoms with Gasteiger partial charge in [0.25, 0.3) is 0 Å². The van der Waals surface area contributed by atoms with Gasteiger partial charge < -0.3 is 10.2 Å². The van der Waals surface area contributed by atoms with E-state index < -0.39 is 0 Å². The monoisotopic (exact) mass is 194 g/mol. The Bertz CT molecular complexity index is 268. The predicted molar refractivity (Wildman–Crippen MR) is 55.9 cm³/mol. The minimum absolute atomic E-state index is 0.196. The Morgan fingerprint density at radius 1 is 1.43 bits per heavy atom. The number of carbonyl (C=O) groups excluding carboxylic acids is 1. The predicted octanol–water partition coefficient (Wildman–Crippen LogP) is 0.773. The Kier molecular flexibility index (Phi) is 2.59. The first kappa shape index (κ1) is 9.71. The van der Waals surface area contributed by atoms with Crippen LogP contribution in [0, 0.1) is 5.92 Å². The van der Waals surface area contributed by atoms with E-state index in [1.807, 2.05) is 18.7 Å². The van der Waals surface area contributed by atoms with Crippen molar-refractivity contribution < 1.29 is 4.79 Å². The summed E-state index contributed by atoms with van der Waals surface area (Å²) >= 11 is 0. The van der Waals surface area contributed by atoms with Crippen molar-refractivity contribution in [2.75, 3.05) is 19.6 Å². The van der Waals surface area contributed by atoms with Crippen LogP contribution < -0.4 is 5.32 Å². The van der Waals surface area contributed by atoms with Crippen LogP contribution in [0.25, 0.3) is 0 Å². The summed E-state index contributed by atoms with van der Waals surface area (Å²) in [5.41, 5.74) is 1.09. The molecule has 0 aliphatic carbocycles. The SMILES string of the molecule is CC(C)=CC(=O)N1CC[C@@H]2CNC[C@@H]21. The van der Waals surface area contributed by atoms with E-state index in [-0.39, 0.29) is 5.91 Å². The van der Waals surface area contributed by atoms with Crippen LogP contribution in [0.4, 0.5) is 0 Å². The van der Waals surface area contributed by atoms with Crippen LogP contribution >= 0.6 is 0 Å². The number of carbonyl (C=O) groups is 1. The van der Waals surface area contributed by atoms with Gasteiger partial charge in [-0.25, -0.2) is 0 Å². The Morgan fingerprint density at radius 3 is 2.93 bits per heavy atom. The molecule has 3 heteroatoms. The zero-order valence-electron chi connectivity index (χ0n) is 8.92. The van der Waals surface area contributed by atoms with E-state index in [9.17, 15) is 4.79 Å². The third-order valence-corrected chi connectivity index (χ3v) is 3.14. The zero-order valence-corrected chi connectivity index (χ0v) is 8.92. The molecule has 0 radical (unpaired) electrons. The molecule has 0 bridgehead atoms. The van der Waals surface area contributed by atoms with Crippen LogP contribution in [0.5, 0.6) is 0 Å². The molecule has 0 unspecified atom stereocenters. The molecule has 2 saturated heterocycles. The Balaban J connectivity index is 2.05. The first-order valence-corrected chi connectivity index (χ1v) is 5.34. The first-order valence-electron chi connectivity index (χ1n) is 5.34. The van der Waals surface area contributed by atoms with E-state index in [4.69, 9.17) is 0 Å². The second-order valence-electron chi connectivity index (χ2n) is 4.53. The van der Waals surface area contributed by atoms with Crippen molar-refractivity contribution in [2.45, 2.75) is 26.3 Å². The van der Waals surface area contributed by atoms with E-state index >= 15 is 0 Å². The molecule has 2 atom stereocenters. The molecule has 0 saturated carbocycles. The molecule has 2 rings (SSSR count). The first-order chi connectivity index (χ1) is 6.68. The summed E-state index contributed by atoms with van der Waals surface area (Å²) in [7, 11) is 0. The van der Waals surface area contributed by atoms with E-state index in [0.29, 0.717) is 12.0 Å². The molecule has 3 nitrogen and oxygen atoms in total. The number of rotatable bonds is 1. The number of fused-ring (bicyclic) bond motifs is 1. The number of hydrogen-bond acceptors (Lipinski definition) is 2. The van der Waals surface area contributed by atoms with Crippen molar-refractivity contribution in [3.05, 3.63) is 11.6 Å². The lowest BCUT2D eigenvalue weighted by atomic mass is 10.1. The van der Waals surface area contributed by atoms with Crippen molar-refractivity contribution >= 4 is 5.91 Å². The molecule has 0 aromatic heterocycles. The van der Waals surface area contributed by atoms with Crippen LogP contribution in [0.2, 0.25) is 0 Å². The minimum atomic E-state index is 0.196. The highest BCUT2D eigenvalue weighted by Crippen LogP contribution is 2.27. The number of allylic oxidation sites excluding steroid dienone is 1. The lowest BCUT2D eigenvalue weighted by molar-refractivity contribution is -0.126. The summed E-state index contributed by atoms with van der Waals surface area (Å²) < 4.78 is 0. The minimum Gasteiger partial charge on any atom is -0.335 e. The summed E-state index contributed by atoms with van der Waals surface area (Å²) in [6.07, 6.45) is 2.92. The third kappa shape index (κ3) is 1.69. The van der Waals surface area contributed by atoms with Gasteiger partial charge in [-0.2, -0.15) is 0 Å². The van der Waals surface area contributed by atoms with Gasteiger partial charge in [0.2, 0.25) is 5.91 Å². The molecule has 0 aromatic carbocycles. The standard InChI is InChI=1S/C11H18N2O/c1-8(2)5-11(14)13-4-3-9-6-12-7-10(9)13/h5,9-10,12H,3-4,6-7H2,1-2H3/t9-,10+/m1/s1. The Morgan fingerprint density at radius 2 is 2.21 bits per heavy atom. The van der Waals surface area contributed by atoms with Gasteiger partial charge in [0, 0.05) is 31.8 Å². The highest BCUT2D eigenvalue weighted by atomic mass is 16.2. The summed E-state index contributed by atoms with van der Waals surface area (Å²) in [5.74, 6) is 0.894. The van der Waals surface area contributed by atoms with Gasteiger partial charge in [-0.1, -0.05) is 5.57 Å². The molecule has 0 spiro atoms. The fourth-order valence-electron chi connectivity index (χ4n) is 2.45. The summed E-state index contributed by atoms with van der Waals surface area (Å²) in [6, 6.07) is 0.457. The fourth-order valence-corrected chi connectivity index (χ4v) is 2.45. The number of hydrogen-bond donors (Lipinski definition) is 1. The molecule has 14 heavy (non-hydrogen) atoms. The average molecular weight is 194 g/mol. The molecule has 0 aromatic rings. The fraction of sp³-hybridized carbons (Fsp3) is 0.727. The van der Waals surface area contributed by atoms with Gasteiger partial charge in [0.05, 0.1) is 0 Å². The highest BCUT2D eigenvalue weighted by molar-refractivity contribution is 5.88. The van der Waals surface area contributed by atoms with Crippen LogP contribution in [0.15, 0.2) is 11.6 Å². The highest BCUT2D eigenvalue weighted by Gasteiger charge is 2.39. The third-order valence-electron chi connectivity index (χ3n) is 3.14. The van der Waals surface area contributed by atoms with Crippen molar-refractivity contribution in [3.8, 4) is 0 Å². The normalized spacial score (nSPS) is 30.3. The van der Waals surface area contributed by atoms with Gasteiger partial charge >= 0.3 is 0 Å². The van der Waals surface area contributed by atoms with Crippen LogP contribution in [-0.2, 0) is 4.79 Å². The smallest absolute Gasteiger partial charge is 0.246 e. The molecule has 2 aliphatic heterocycles. The van der Waals surface area contributed by atoms with Gasteiger partial charge in [-0.3, -0.25) is 4.79 Å². The quantitative estimate of drug-likeness (QED) is 0.625. The van der Waals surface area contributed by atoms with E-state index in [1.165, 1.54) is 6.42 Å². The van der Waals surface area contributed by atoms with Crippen LogP contribution in [-0.4, -0.2) is 36.5 Å². The maximum absolute atomic E-state index is 11.8. The molecule has 1 amide bonds. The van der Waals surface area contributed by atoms with Gasteiger partial charge in [0.15, 0.2) is 0 Å². The van der Waals surface area contributed by atoms with Gasteiger partial charge in [-0.05, 0) is 26.2 Å². The molecular weight excluding hydrogens is 176 g/mol. The number of nitrogens with one attached hydrogen (secondary N) is 1. The molecule has 2 aliphatic rings. The number of nitrogens with zero attached hydrogens (tertiary/aromatic N) is 1. The average Bonchev–Trinajstić information content (AvgIpc) is 2.59. The van der Waals surface area contributed by atoms with Crippen LogP contribution in [0.1, 0.15) is 20.3 Å². The van der Waals surface area contributed by atoms with E-state index in [0.717, 1.165) is 25.2 Å².